The van der Waals surface area contributed by atoms with E-state index in [1.807, 2.05) is 18.2 Å². The van der Waals surface area contributed by atoms with Gasteiger partial charge in [-0.15, -0.1) is 0 Å². The molecule has 1 aromatic carbocycles. The van der Waals surface area contributed by atoms with E-state index in [4.69, 9.17) is 4.74 Å². The van der Waals surface area contributed by atoms with Crippen LogP contribution in [0, 0.1) is 0 Å². The number of carboxylic acids is 1. The number of aliphatic carboxylic acids is 1. The zero-order valence-corrected chi connectivity index (χ0v) is 9.55. The van der Waals surface area contributed by atoms with Crippen molar-refractivity contribution >= 4 is 11.8 Å². The summed E-state index contributed by atoms with van der Waals surface area (Å²) in [6.45, 7) is 1.72. The molecule has 4 nitrogen and oxygen atoms in total. The van der Waals surface area contributed by atoms with Gasteiger partial charge >= 0.3 is 5.97 Å². The van der Waals surface area contributed by atoms with Gasteiger partial charge in [0.1, 0.15) is 0 Å². The third-order valence-corrected chi connectivity index (χ3v) is 2.97. The number of ketones is 1. The lowest BCUT2D eigenvalue weighted by Gasteiger charge is -2.22. The minimum Gasteiger partial charge on any atom is -0.479 e. The number of benzene rings is 1. The number of hydrogen-bond donors (Lipinski definition) is 1. The van der Waals surface area contributed by atoms with Crippen molar-refractivity contribution in [2.75, 3.05) is 0 Å². The second-order valence-electron chi connectivity index (χ2n) is 4.35. The van der Waals surface area contributed by atoms with Crippen LogP contribution in [0.3, 0.4) is 0 Å². The Labute approximate surface area is 99.2 Å². The second kappa shape index (κ2) is 4.30. The van der Waals surface area contributed by atoms with Crippen LogP contribution in [0.4, 0.5) is 0 Å². The highest BCUT2D eigenvalue weighted by Crippen LogP contribution is 2.30. The van der Waals surface area contributed by atoms with Gasteiger partial charge in [0.15, 0.2) is 5.78 Å². The number of carbonyl (C=O) groups excluding carboxylic acids is 1. The van der Waals surface area contributed by atoms with Crippen LogP contribution in [-0.4, -0.2) is 28.6 Å². The Hall–Kier alpha value is -1.68. The van der Waals surface area contributed by atoms with Crippen molar-refractivity contribution < 1.29 is 19.4 Å². The number of ether oxygens (including phenoxy) is 1. The Balaban J connectivity index is 2.31. The van der Waals surface area contributed by atoms with Crippen molar-refractivity contribution in [3.05, 3.63) is 35.9 Å². The second-order valence-corrected chi connectivity index (χ2v) is 4.35. The van der Waals surface area contributed by atoms with Crippen LogP contribution in [0.15, 0.2) is 30.3 Å². The molecule has 1 fully saturated rings. The molecular weight excluding hydrogens is 220 g/mol. The Kier molecular flexibility index (Phi) is 2.98. The van der Waals surface area contributed by atoms with Gasteiger partial charge in [-0.3, -0.25) is 4.79 Å². The molecule has 1 N–H and O–H groups in total. The minimum absolute atomic E-state index is 0.0896. The average molecular weight is 234 g/mol. The Morgan fingerprint density at radius 2 is 2.12 bits per heavy atom. The molecule has 0 radical (unpaired) electrons. The molecule has 0 aromatic heterocycles. The highest BCUT2D eigenvalue weighted by molar-refractivity contribution is 6.08. The van der Waals surface area contributed by atoms with Gasteiger partial charge in [0.2, 0.25) is 5.60 Å². The maximum Gasteiger partial charge on any atom is 0.344 e. The van der Waals surface area contributed by atoms with E-state index >= 15 is 0 Å². The van der Waals surface area contributed by atoms with Crippen molar-refractivity contribution in [3.8, 4) is 0 Å². The first kappa shape index (κ1) is 11.8. The molecule has 0 spiro atoms. The summed E-state index contributed by atoms with van der Waals surface area (Å²) >= 11 is 0. The molecule has 17 heavy (non-hydrogen) atoms. The normalized spacial score (nSPS) is 28.3. The molecule has 2 rings (SSSR count). The SMILES string of the molecule is CC1CC(=O)C(Cc2ccccc2)(C(=O)O)O1. The molecule has 0 aliphatic carbocycles. The smallest absolute Gasteiger partial charge is 0.344 e. The van der Waals surface area contributed by atoms with Crippen molar-refractivity contribution in [3.63, 3.8) is 0 Å². The van der Waals surface area contributed by atoms with Crippen LogP contribution in [0.2, 0.25) is 0 Å². The number of Topliss-reactive ketones (excluding diaryl/α,β-unsaturated/α-hetero) is 1. The van der Waals surface area contributed by atoms with Gasteiger partial charge in [-0.2, -0.15) is 0 Å². The van der Waals surface area contributed by atoms with Crippen molar-refractivity contribution in [2.45, 2.75) is 31.5 Å². The highest BCUT2D eigenvalue weighted by atomic mass is 16.5. The first-order valence-corrected chi connectivity index (χ1v) is 5.53. The molecule has 1 heterocycles. The summed E-state index contributed by atoms with van der Waals surface area (Å²) in [5.74, 6) is -1.54. The van der Waals surface area contributed by atoms with E-state index in [9.17, 15) is 14.7 Å². The van der Waals surface area contributed by atoms with Gasteiger partial charge in [0.05, 0.1) is 6.10 Å². The van der Waals surface area contributed by atoms with E-state index in [1.165, 1.54) is 0 Å². The molecule has 90 valence electrons. The monoisotopic (exact) mass is 234 g/mol. The van der Waals surface area contributed by atoms with E-state index in [0.29, 0.717) is 0 Å². The maximum absolute atomic E-state index is 11.8. The minimum atomic E-state index is -1.69. The van der Waals surface area contributed by atoms with E-state index in [1.54, 1.807) is 19.1 Å². The lowest BCUT2D eigenvalue weighted by atomic mass is 9.90. The van der Waals surface area contributed by atoms with E-state index in [0.717, 1.165) is 5.56 Å². The van der Waals surface area contributed by atoms with Gasteiger partial charge in [0, 0.05) is 12.8 Å². The predicted molar refractivity (Wildman–Crippen MR) is 60.7 cm³/mol. The summed E-state index contributed by atoms with van der Waals surface area (Å²) in [4.78, 5) is 23.2. The fourth-order valence-electron chi connectivity index (χ4n) is 2.15. The molecule has 0 saturated carbocycles. The van der Waals surface area contributed by atoms with Gasteiger partial charge in [-0.1, -0.05) is 30.3 Å². The molecule has 1 aromatic rings. The Bertz CT molecular complexity index is 440. The first-order valence-electron chi connectivity index (χ1n) is 5.53. The molecule has 1 aliphatic rings. The molecule has 4 heteroatoms. The third kappa shape index (κ3) is 2.08. The fraction of sp³-hybridized carbons (Fsp3) is 0.385. The largest absolute Gasteiger partial charge is 0.479 e. The van der Waals surface area contributed by atoms with Crippen LogP contribution in [0.5, 0.6) is 0 Å². The number of rotatable bonds is 3. The number of hydrogen-bond acceptors (Lipinski definition) is 3. The lowest BCUT2D eigenvalue weighted by molar-refractivity contribution is -0.167. The number of carbonyl (C=O) groups is 2. The molecular formula is C13H14O4. The molecule has 0 bridgehead atoms. The summed E-state index contributed by atoms with van der Waals surface area (Å²) in [5.41, 5.74) is -0.904. The summed E-state index contributed by atoms with van der Waals surface area (Å²) in [6, 6.07) is 9.06. The summed E-state index contributed by atoms with van der Waals surface area (Å²) in [7, 11) is 0. The van der Waals surface area contributed by atoms with Crippen molar-refractivity contribution in [1.29, 1.82) is 0 Å². The van der Waals surface area contributed by atoms with Crippen molar-refractivity contribution in [1.82, 2.24) is 0 Å². The van der Waals surface area contributed by atoms with Crippen LogP contribution in [-0.2, 0) is 20.7 Å². The fourth-order valence-corrected chi connectivity index (χ4v) is 2.15. The molecule has 2 unspecified atom stereocenters. The van der Waals surface area contributed by atoms with Crippen LogP contribution < -0.4 is 0 Å². The first-order chi connectivity index (χ1) is 8.04. The number of carboxylic acid groups (broad SMARTS) is 1. The third-order valence-electron chi connectivity index (χ3n) is 2.97. The van der Waals surface area contributed by atoms with Crippen molar-refractivity contribution in [2.24, 2.45) is 0 Å². The van der Waals surface area contributed by atoms with Gasteiger partial charge in [-0.25, -0.2) is 4.79 Å². The molecule has 1 aliphatic heterocycles. The van der Waals surface area contributed by atoms with E-state index < -0.39 is 11.6 Å². The molecule has 0 amide bonds. The zero-order valence-electron chi connectivity index (χ0n) is 9.55. The average Bonchev–Trinajstić information content (AvgIpc) is 2.56. The van der Waals surface area contributed by atoms with Crippen LogP contribution in [0.25, 0.3) is 0 Å². The summed E-state index contributed by atoms with van der Waals surface area (Å²) in [5, 5.41) is 9.27. The predicted octanol–water partition coefficient (Wildman–Crippen LogP) is 1.43. The van der Waals surface area contributed by atoms with E-state index in [-0.39, 0.29) is 24.7 Å². The van der Waals surface area contributed by atoms with Gasteiger partial charge in [0.25, 0.3) is 0 Å². The van der Waals surface area contributed by atoms with Gasteiger partial charge < -0.3 is 9.84 Å². The van der Waals surface area contributed by atoms with E-state index in [2.05, 4.69) is 0 Å². The van der Waals surface area contributed by atoms with Crippen LogP contribution >= 0.6 is 0 Å². The van der Waals surface area contributed by atoms with Crippen LogP contribution in [0.1, 0.15) is 18.9 Å². The Morgan fingerprint density at radius 1 is 1.47 bits per heavy atom. The zero-order chi connectivity index (χ0) is 12.5. The quantitative estimate of drug-likeness (QED) is 0.803. The summed E-state index contributed by atoms with van der Waals surface area (Å²) < 4.78 is 5.38. The Morgan fingerprint density at radius 3 is 2.59 bits per heavy atom. The molecule has 2 atom stereocenters. The highest BCUT2D eigenvalue weighted by Gasteiger charge is 2.53. The summed E-state index contributed by atoms with van der Waals surface area (Å²) in [6.07, 6.45) is -0.0758. The maximum atomic E-state index is 11.8. The topological polar surface area (TPSA) is 63.6 Å². The van der Waals surface area contributed by atoms with Gasteiger partial charge in [-0.05, 0) is 12.5 Å². The standard InChI is InChI=1S/C13H14O4/c1-9-7-11(14)13(17-9,12(15)16)8-10-5-3-2-4-6-10/h2-6,9H,7-8H2,1H3,(H,15,16). The lowest BCUT2D eigenvalue weighted by Crippen LogP contribution is -2.46. The molecule has 1 saturated heterocycles.